The number of aromatic nitrogens is 2. The van der Waals surface area contributed by atoms with E-state index >= 15 is 0 Å². The number of rotatable bonds is 6. The Hall–Kier alpha value is -7.72. The van der Waals surface area contributed by atoms with Gasteiger partial charge in [-0.2, -0.15) is 0 Å². The lowest BCUT2D eigenvalue weighted by Gasteiger charge is -2.16. The molecule has 0 saturated heterocycles. The fourth-order valence-corrected chi connectivity index (χ4v) is 11.4. The van der Waals surface area contributed by atoms with Gasteiger partial charge in [0.25, 0.3) is 0 Å². The third-order valence-electron chi connectivity index (χ3n) is 13.3. The van der Waals surface area contributed by atoms with Crippen molar-refractivity contribution in [1.82, 2.24) is 9.13 Å². The van der Waals surface area contributed by atoms with Crippen molar-refractivity contribution in [2.75, 3.05) is 0 Å². The van der Waals surface area contributed by atoms with Crippen LogP contribution in [0.3, 0.4) is 0 Å². The zero-order chi connectivity index (χ0) is 41.4. The van der Waals surface area contributed by atoms with Crippen LogP contribution in [0.25, 0.3) is 109 Å². The van der Waals surface area contributed by atoms with E-state index in [-0.39, 0.29) is 0 Å². The van der Waals surface area contributed by atoms with Crippen molar-refractivity contribution in [3.8, 4) is 44.8 Å². The molecule has 9 aromatic carbocycles. The number of benzene rings is 9. The van der Waals surface area contributed by atoms with Crippen LogP contribution in [0.2, 0.25) is 0 Å². The van der Waals surface area contributed by atoms with Crippen LogP contribution in [0.1, 0.15) is 17.9 Å². The molecule has 13 rings (SSSR count). The third-order valence-corrected chi connectivity index (χ3v) is 14.4. The van der Waals surface area contributed by atoms with E-state index in [9.17, 15) is 0 Å². The fourth-order valence-electron chi connectivity index (χ4n) is 10.3. The Morgan fingerprint density at radius 3 is 1.86 bits per heavy atom. The summed E-state index contributed by atoms with van der Waals surface area (Å²) in [6.07, 6.45) is 10.0. The molecule has 1 aliphatic rings. The maximum atomic E-state index is 2.50. The van der Waals surface area contributed by atoms with Crippen LogP contribution in [0.4, 0.5) is 0 Å². The summed E-state index contributed by atoms with van der Waals surface area (Å²) < 4.78 is 7.61. The minimum Gasteiger partial charge on any atom is -0.309 e. The van der Waals surface area contributed by atoms with Crippen LogP contribution >= 0.6 is 11.3 Å². The van der Waals surface area contributed by atoms with Gasteiger partial charge in [-0.15, -0.1) is 11.3 Å². The number of hydrogen-bond acceptors (Lipinski definition) is 1. The number of allylic oxidation sites excluding steroid dienone is 4. The molecule has 0 amide bonds. The Morgan fingerprint density at radius 2 is 1.05 bits per heavy atom. The maximum absolute atomic E-state index is 2.50. The average molecular weight is 821 g/mol. The van der Waals surface area contributed by atoms with Crippen LogP contribution in [-0.2, 0) is 0 Å². The van der Waals surface area contributed by atoms with Crippen molar-refractivity contribution >= 4 is 75.1 Å². The Labute approximate surface area is 369 Å². The summed E-state index contributed by atoms with van der Waals surface area (Å²) in [4.78, 5) is 0. The van der Waals surface area contributed by atoms with Crippen molar-refractivity contribution in [1.29, 1.82) is 0 Å². The van der Waals surface area contributed by atoms with Gasteiger partial charge in [-0.1, -0.05) is 152 Å². The van der Waals surface area contributed by atoms with Crippen molar-refractivity contribution in [3.05, 3.63) is 230 Å². The quantitative estimate of drug-likeness (QED) is 0.158. The average Bonchev–Trinajstić information content (AvgIpc) is 4.01. The molecule has 0 radical (unpaired) electrons. The zero-order valence-corrected chi connectivity index (χ0v) is 35.3. The van der Waals surface area contributed by atoms with Gasteiger partial charge in [0.05, 0.1) is 27.8 Å². The van der Waals surface area contributed by atoms with E-state index in [4.69, 9.17) is 0 Å². The third kappa shape index (κ3) is 5.78. The van der Waals surface area contributed by atoms with E-state index in [0.29, 0.717) is 5.92 Å². The van der Waals surface area contributed by atoms with Crippen LogP contribution in [0, 0.1) is 0 Å². The molecule has 3 heterocycles. The largest absolute Gasteiger partial charge is 0.309 e. The van der Waals surface area contributed by atoms with Crippen molar-refractivity contribution in [3.63, 3.8) is 0 Å². The van der Waals surface area contributed by atoms with Gasteiger partial charge in [-0.25, -0.2) is 0 Å². The topological polar surface area (TPSA) is 9.86 Å². The van der Waals surface area contributed by atoms with Crippen LogP contribution < -0.4 is 0 Å². The van der Waals surface area contributed by atoms with E-state index in [1.807, 2.05) is 11.3 Å². The highest BCUT2D eigenvalue weighted by Crippen LogP contribution is 2.44. The molecule has 3 heteroatoms. The minimum atomic E-state index is 0.315. The van der Waals surface area contributed by atoms with E-state index in [1.165, 1.54) is 114 Å². The summed E-state index contributed by atoms with van der Waals surface area (Å²) in [6.45, 7) is 0. The number of para-hydroxylation sites is 1. The van der Waals surface area contributed by atoms with E-state index in [0.717, 1.165) is 6.42 Å². The highest BCUT2D eigenvalue weighted by molar-refractivity contribution is 7.25. The first-order chi connectivity index (χ1) is 31.2. The molecule has 0 aliphatic heterocycles. The molecular formula is C60H40N2S. The van der Waals surface area contributed by atoms with Gasteiger partial charge in [0.2, 0.25) is 0 Å². The zero-order valence-electron chi connectivity index (χ0n) is 34.4. The van der Waals surface area contributed by atoms with Crippen molar-refractivity contribution in [2.45, 2.75) is 12.3 Å². The summed E-state index contributed by atoms with van der Waals surface area (Å²) >= 11 is 1.87. The van der Waals surface area contributed by atoms with Gasteiger partial charge in [-0.05, 0) is 113 Å². The van der Waals surface area contributed by atoms with Gasteiger partial charge in [0.15, 0.2) is 0 Å². The molecule has 0 fully saturated rings. The standard InChI is InChI=1S/C60H40N2S/c1-4-15-39(16-5-1)42-27-31-54(49(35-42)41-19-8-3-9-20-41)62-53-24-12-10-21-47(53)50-36-43(28-32-55(50)62)44-29-33-56-52(37-44)60-46(40-17-6-2-7-18-40)23-14-25-57(60)61(56)45-30-34-59-51(38-45)48-22-11-13-26-58(48)63-59/h1-17,19-38,40H,18H2. The van der Waals surface area contributed by atoms with Crippen LogP contribution in [0.5, 0.6) is 0 Å². The lowest BCUT2D eigenvalue weighted by molar-refractivity contribution is 0.862. The Kier molecular flexibility index (Phi) is 8.25. The Morgan fingerprint density at radius 1 is 0.397 bits per heavy atom. The first-order valence-electron chi connectivity index (χ1n) is 21.9. The predicted molar refractivity (Wildman–Crippen MR) is 270 cm³/mol. The predicted octanol–water partition coefficient (Wildman–Crippen LogP) is 16.8. The minimum absolute atomic E-state index is 0.315. The second-order valence-corrected chi connectivity index (χ2v) is 17.9. The van der Waals surface area contributed by atoms with Crippen molar-refractivity contribution in [2.24, 2.45) is 0 Å². The summed E-state index contributed by atoms with van der Waals surface area (Å²) in [5.74, 6) is 0.315. The molecule has 3 aromatic heterocycles. The van der Waals surface area contributed by atoms with E-state index in [2.05, 4.69) is 234 Å². The molecule has 0 spiro atoms. The first kappa shape index (κ1) is 36.0. The maximum Gasteiger partial charge on any atom is 0.0544 e. The second-order valence-electron chi connectivity index (χ2n) is 16.8. The van der Waals surface area contributed by atoms with Crippen molar-refractivity contribution < 1.29 is 0 Å². The molecule has 63 heavy (non-hydrogen) atoms. The number of thiophene rings is 1. The highest BCUT2D eigenvalue weighted by atomic mass is 32.1. The van der Waals surface area contributed by atoms with Gasteiger partial charge < -0.3 is 9.13 Å². The molecule has 1 aliphatic carbocycles. The second kappa shape index (κ2) is 14.4. The Bertz CT molecular complexity index is 3820. The van der Waals surface area contributed by atoms with Gasteiger partial charge in [-0.3, -0.25) is 0 Å². The molecule has 2 nitrogen and oxygen atoms in total. The van der Waals surface area contributed by atoms with Crippen LogP contribution in [-0.4, -0.2) is 9.13 Å². The normalized spacial score (nSPS) is 14.0. The molecule has 296 valence electrons. The van der Waals surface area contributed by atoms with Gasteiger partial charge in [0, 0.05) is 58.9 Å². The molecule has 1 atom stereocenters. The summed E-state index contributed by atoms with van der Waals surface area (Å²) in [5.41, 5.74) is 15.8. The first-order valence-corrected chi connectivity index (χ1v) is 22.7. The Balaban J connectivity index is 1.01. The SMILES string of the molecule is C1=CCC(c2cccc3c2c2cc(-c4ccc5c(c4)c4ccccc4n5-c4ccc(-c5ccccc5)cc4-c4ccccc4)ccc2n3-c2ccc3sc4ccccc4c3c2)C=C1. The van der Waals surface area contributed by atoms with E-state index in [1.54, 1.807) is 0 Å². The smallest absolute Gasteiger partial charge is 0.0544 e. The lowest BCUT2D eigenvalue weighted by Crippen LogP contribution is -1.98. The lowest BCUT2D eigenvalue weighted by atomic mass is 9.89. The number of nitrogens with zero attached hydrogens (tertiary/aromatic N) is 2. The molecular weight excluding hydrogens is 781 g/mol. The summed E-state index contributed by atoms with van der Waals surface area (Å²) in [7, 11) is 0. The van der Waals surface area contributed by atoms with Gasteiger partial charge >= 0.3 is 0 Å². The summed E-state index contributed by atoms with van der Waals surface area (Å²) in [5, 5.41) is 7.73. The molecule has 0 saturated carbocycles. The molecule has 0 bridgehead atoms. The van der Waals surface area contributed by atoms with E-state index < -0.39 is 0 Å². The summed E-state index contributed by atoms with van der Waals surface area (Å²) in [6, 6.07) is 74.3. The van der Waals surface area contributed by atoms with Crippen LogP contribution in [0.15, 0.2) is 224 Å². The molecule has 0 N–H and O–H groups in total. The highest BCUT2D eigenvalue weighted by Gasteiger charge is 2.22. The molecule has 1 unspecified atom stereocenters. The number of fused-ring (bicyclic) bond motifs is 9. The monoisotopic (exact) mass is 820 g/mol. The van der Waals surface area contributed by atoms with Gasteiger partial charge in [0.1, 0.15) is 0 Å². The number of hydrogen-bond donors (Lipinski definition) is 0. The molecule has 12 aromatic rings. The fraction of sp³-hybridized carbons (Fsp3) is 0.0333.